The van der Waals surface area contributed by atoms with Crippen LogP contribution in [0.4, 0.5) is 10.2 Å². The maximum absolute atomic E-state index is 13.5. The molecule has 1 aliphatic heterocycles. The monoisotopic (exact) mass is 457 g/mol. The maximum atomic E-state index is 13.5. The number of hydrogen-bond donors (Lipinski definition) is 1. The normalized spacial score (nSPS) is 13.5. The third-order valence-electron chi connectivity index (χ3n) is 5.89. The van der Waals surface area contributed by atoms with Gasteiger partial charge in [0.05, 0.1) is 6.54 Å². The number of likely N-dealkylation sites (tertiary alicyclic amines) is 1. The van der Waals surface area contributed by atoms with E-state index in [9.17, 15) is 9.18 Å². The average Bonchev–Trinajstić information content (AvgIpc) is 3.28. The lowest BCUT2D eigenvalue weighted by Gasteiger charge is -2.18. The van der Waals surface area contributed by atoms with Crippen molar-refractivity contribution < 1.29 is 13.9 Å². The van der Waals surface area contributed by atoms with Crippen LogP contribution in [0.25, 0.3) is 33.4 Å². The van der Waals surface area contributed by atoms with Gasteiger partial charge in [0.25, 0.3) is 0 Å². The van der Waals surface area contributed by atoms with Gasteiger partial charge < -0.3 is 15.0 Å². The van der Waals surface area contributed by atoms with Crippen molar-refractivity contribution in [2.45, 2.75) is 12.8 Å². The predicted molar refractivity (Wildman–Crippen MR) is 129 cm³/mol. The zero-order chi connectivity index (χ0) is 23.5. The molecule has 0 atom stereocenters. The Balaban J connectivity index is 1.59. The van der Waals surface area contributed by atoms with Crippen molar-refractivity contribution in [1.82, 2.24) is 19.9 Å². The minimum atomic E-state index is -0.295. The molecule has 1 aliphatic rings. The van der Waals surface area contributed by atoms with Gasteiger partial charge in [-0.05, 0) is 53.9 Å². The summed E-state index contributed by atoms with van der Waals surface area (Å²) in [6.45, 7) is 1.62. The molecule has 172 valence electrons. The molecule has 4 aromatic rings. The van der Waals surface area contributed by atoms with Gasteiger partial charge in [-0.2, -0.15) is 0 Å². The molecule has 1 saturated heterocycles. The number of nitrogens with one attached hydrogen (secondary N) is 1. The zero-order valence-corrected chi connectivity index (χ0v) is 18.8. The second kappa shape index (κ2) is 9.43. The summed E-state index contributed by atoms with van der Waals surface area (Å²) in [5.41, 5.74) is 3.14. The van der Waals surface area contributed by atoms with Gasteiger partial charge >= 0.3 is 0 Å². The second-order valence-electron chi connectivity index (χ2n) is 8.10. The first-order chi connectivity index (χ1) is 16.6. The molecule has 0 aliphatic carbocycles. The number of amides is 1. The van der Waals surface area contributed by atoms with E-state index in [1.807, 2.05) is 29.2 Å². The highest BCUT2D eigenvalue weighted by molar-refractivity contribution is 5.97. The molecule has 2 aromatic carbocycles. The molecule has 0 radical (unpaired) electrons. The molecule has 8 heteroatoms. The number of anilines is 1. The molecule has 2 aromatic heterocycles. The topological polar surface area (TPSA) is 80.2 Å². The SMILES string of the molecule is CNc1nc(-c2cccnc2)nc2c(OCCN3CCCC3=O)cc(-c3ccc(F)cc3)cc12. The van der Waals surface area contributed by atoms with Gasteiger partial charge in [-0.25, -0.2) is 14.4 Å². The van der Waals surface area contributed by atoms with Crippen molar-refractivity contribution in [2.24, 2.45) is 0 Å². The first kappa shape index (κ1) is 21.8. The lowest BCUT2D eigenvalue weighted by Crippen LogP contribution is -2.29. The van der Waals surface area contributed by atoms with E-state index in [4.69, 9.17) is 14.7 Å². The summed E-state index contributed by atoms with van der Waals surface area (Å²) >= 11 is 0. The Labute approximate surface area is 196 Å². The summed E-state index contributed by atoms with van der Waals surface area (Å²) in [5.74, 6) is 1.61. The molecule has 0 unspecified atom stereocenters. The number of carbonyl (C=O) groups excluding carboxylic acids is 1. The van der Waals surface area contributed by atoms with Crippen LogP contribution in [-0.2, 0) is 4.79 Å². The van der Waals surface area contributed by atoms with Crippen LogP contribution in [-0.4, -0.2) is 52.5 Å². The van der Waals surface area contributed by atoms with Gasteiger partial charge in [-0.3, -0.25) is 9.78 Å². The number of nitrogens with zero attached hydrogens (tertiary/aromatic N) is 4. The Morgan fingerprint density at radius 3 is 2.65 bits per heavy atom. The van der Waals surface area contributed by atoms with Crippen molar-refractivity contribution >= 4 is 22.6 Å². The lowest BCUT2D eigenvalue weighted by molar-refractivity contribution is -0.128. The predicted octanol–water partition coefficient (Wildman–Crippen LogP) is 4.54. The second-order valence-corrected chi connectivity index (χ2v) is 8.10. The van der Waals surface area contributed by atoms with Crippen LogP contribution < -0.4 is 10.1 Å². The molecule has 0 bridgehead atoms. The van der Waals surface area contributed by atoms with Crippen LogP contribution in [0.15, 0.2) is 60.9 Å². The fourth-order valence-corrected chi connectivity index (χ4v) is 4.14. The highest BCUT2D eigenvalue weighted by Gasteiger charge is 2.20. The van der Waals surface area contributed by atoms with Crippen molar-refractivity contribution in [3.63, 3.8) is 0 Å². The van der Waals surface area contributed by atoms with Crippen LogP contribution in [0.5, 0.6) is 5.75 Å². The number of carbonyl (C=O) groups is 1. The Kier molecular flexibility index (Phi) is 6.03. The van der Waals surface area contributed by atoms with E-state index >= 15 is 0 Å². The maximum Gasteiger partial charge on any atom is 0.222 e. The molecular formula is C26H24FN5O2. The molecule has 0 saturated carbocycles. The zero-order valence-electron chi connectivity index (χ0n) is 18.8. The Morgan fingerprint density at radius 1 is 1.09 bits per heavy atom. The van der Waals surface area contributed by atoms with Crippen LogP contribution in [0.2, 0.25) is 0 Å². The quantitative estimate of drug-likeness (QED) is 0.439. The van der Waals surface area contributed by atoms with E-state index in [1.54, 1.807) is 31.6 Å². The average molecular weight is 458 g/mol. The fraction of sp³-hybridized carbons (Fsp3) is 0.231. The Hall–Kier alpha value is -4.07. The first-order valence-electron chi connectivity index (χ1n) is 11.2. The minimum absolute atomic E-state index is 0.159. The van der Waals surface area contributed by atoms with Gasteiger partial charge in [-0.1, -0.05) is 12.1 Å². The van der Waals surface area contributed by atoms with Gasteiger partial charge in [-0.15, -0.1) is 0 Å². The fourth-order valence-electron chi connectivity index (χ4n) is 4.14. The lowest BCUT2D eigenvalue weighted by atomic mass is 10.0. The van der Waals surface area contributed by atoms with Gasteiger partial charge in [0, 0.05) is 43.4 Å². The highest BCUT2D eigenvalue weighted by atomic mass is 19.1. The number of aromatic nitrogens is 3. The molecule has 3 heterocycles. The van der Waals surface area contributed by atoms with Crippen LogP contribution in [0.1, 0.15) is 12.8 Å². The summed E-state index contributed by atoms with van der Waals surface area (Å²) < 4.78 is 19.7. The summed E-state index contributed by atoms with van der Waals surface area (Å²) in [6.07, 6.45) is 4.89. The number of ether oxygens (including phenoxy) is 1. The van der Waals surface area contributed by atoms with E-state index in [2.05, 4.69) is 10.3 Å². The molecular weight excluding hydrogens is 433 g/mol. The number of hydrogen-bond acceptors (Lipinski definition) is 6. The molecule has 1 fully saturated rings. The number of fused-ring (bicyclic) bond motifs is 1. The van der Waals surface area contributed by atoms with Gasteiger partial charge in [0.15, 0.2) is 5.82 Å². The third-order valence-corrected chi connectivity index (χ3v) is 5.89. The van der Waals surface area contributed by atoms with Crippen LogP contribution in [0, 0.1) is 5.82 Å². The molecule has 0 spiro atoms. The van der Waals surface area contributed by atoms with Gasteiger partial charge in [0.1, 0.15) is 29.5 Å². The van der Waals surface area contributed by atoms with E-state index < -0.39 is 0 Å². The number of rotatable bonds is 7. The largest absolute Gasteiger partial charge is 0.489 e. The summed E-state index contributed by atoms with van der Waals surface area (Å²) in [5, 5.41) is 3.94. The van der Waals surface area contributed by atoms with E-state index in [0.717, 1.165) is 35.0 Å². The standard InChI is InChI=1S/C26H24FN5O2/c1-28-26-21-14-19(17-6-8-20(27)9-7-17)15-22(34-13-12-32-11-3-5-23(32)33)24(21)30-25(31-26)18-4-2-10-29-16-18/h2,4,6-10,14-16H,3,5,11-13H2,1H3,(H,28,30,31). The summed E-state index contributed by atoms with van der Waals surface area (Å²) in [4.78, 5) is 27.5. The van der Waals surface area contributed by atoms with Gasteiger partial charge in [0.2, 0.25) is 5.91 Å². The third kappa shape index (κ3) is 4.39. The van der Waals surface area contributed by atoms with Crippen molar-refractivity contribution in [1.29, 1.82) is 0 Å². The summed E-state index contributed by atoms with van der Waals surface area (Å²) in [6, 6.07) is 13.9. The molecule has 1 amide bonds. The Morgan fingerprint density at radius 2 is 1.94 bits per heavy atom. The minimum Gasteiger partial charge on any atom is -0.489 e. The van der Waals surface area contributed by atoms with Crippen molar-refractivity contribution in [3.05, 3.63) is 66.7 Å². The number of pyridine rings is 1. The molecule has 1 N–H and O–H groups in total. The highest BCUT2D eigenvalue weighted by Crippen LogP contribution is 2.36. The number of benzene rings is 2. The smallest absolute Gasteiger partial charge is 0.222 e. The van der Waals surface area contributed by atoms with Crippen molar-refractivity contribution in [3.8, 4) is 28.3 Å². The molecule has 7 nitrogen and oxygen atoms in total. The van der Waals surface area contributed by atoms with E-state index in [1.165, 1.54) is 12.1 Å². The van der Waals surface area contributed by atoms with E-state index in [0.29, 0.717) is 42.5 Å². The number of halogens is 1. The Bertz CT molecular complexity index is 1330. The van der Waals surface area contributed by atoms with E-state index in [-0.39, 0.29) is 11.7 Å². The first-order valence-corrected chi connectivity index (χ1v) is 11.2. The van der Waals surface area contributed by atoms with Crippen LogP contribution >= 0.6 is 0 Å². The van der Waals surface area contributed by atoms with Crippen molar-refractivity contribution in [2.75, 3.05) is 32.1 Å². The molecule has 34 heavy (non-hydrogen) atoms. The summed E-state index contributed by atoms with van der Waals surface area (Å²) in [7, 11) is 1.80. The molecule has 5 rings (SSSR count). The van der Waals surface area contributed by atoms with Crippen LogP contribution in [0.3, 0.4) is 0 Å².